The molecule has 1 aromatic heterocycles. The summed E-state index contributed by atoms with van der Waals surface area (Å²) in [6.07, 6.45) is -1.37. The number of nitrogens with one attached hydrogen (secondary N) is 1. The fraction of sp³-hybridized carbons (Fsp3) is 0.706. The van der Waals surface area contributed by atoms with Crippen molar-refractivity contribution in [2.45, 2.75) is 51.4 Å². The van der Waals surface area contributed by atoms with E-state index >= 15 is 0 Å². The van der Waals surface area contributed by atoms with Gasteiger partial charge in [-0.1, -0.05) is 0 Å². The number of piperidine rings is 1. The molecule has 1 aromatic rings. The van der Waals surface area contributed by atoms with Crippen LogP contribution in [0, 0.1) is 11.8 Å². The Morgan fingerprint density at radius 1 is 1.23 bits per heavy atom. The molecule has 3 rings (SSSR count). The molecule has 2 fully saturated rings. The first-order valence-corrected chi connectivity index (χ1v) is 8.65. The van der Waals surface area contributed by atoms with Gasteiger partial charge in [0.1, 0.15) is 5.60 Å². The first kappa shape index (κ1) is 18.7. The standard InChI is InChI=1S/C17H23F3N4O2/c1-16(2,3)26-15(25)24-9-11-4-10(11)5-13(24)8-23-14-21-6-12(7-22-14)17(18,19)20/h6-7,10-11,13H,4-5,8-9H2,1-3H3,(H,21,22,23)/t10-,11+,13+/m1/s1. The highest BCUT2D eigenvalue weighted by molar-refractivity contribution is 5.69. The van der Waals surface area contributed by atoms with Gasteiger partial charge in [0.05, 0.1) is 11.6 Å². The summed E-state index contributed by atoms with van der Waals surface area (Å²) in [5.41, 5.74) is -1.47. The lowest BCUT2D eigenvalue weighted by Gasteiger charge is -2.36. The zero-order valence-corrected chi connectivity index (χ0v) is 15.0. The average molecular weight is 372 g/mol. The molecular formula is C17H23F3N4O2. The predicted molar refractivity (Wildman–Crippen MR) is 88.5 cm³/mol. The molecule has 6 nitrogen and oxygen atoms in total. The molecule has 1 saturated heterocycles. The van der Waals surface area contributed by atoms with E-state index in [1.54, 1.807) is 4.90 Å². The van der Waals surface area contributed by atoms with E-state index in [0.29, 0.717) is 24.9 Å². The number of aromatic nitrogens is 2. The van der Waals surface area contributed by atoms with Crippen molar-refractivity contribution in [2.75, 3.05) is 18.4 Å². The third kappa shape index (κ3) is 4.56. The maximum Gasteiger partial charge on any atom is 0.419 e. The Balaban J connectivity index is 1.62. The van der Waals surface area contributed by atoms with Crippen LogP contribution in [-0.2, 0) is 10.9 Å². The Morgan fingerprint density at radius 2 is 1.88 bits per heavy atom. The molecule has 9 heteroatoms. The maximum atomic E-state index is 12.6. The van der Waals surface area contributed by atoms with Crippen LogP contribution in [0.25, 0.3) is 0 Å². The van der Waals surface area contributed by atoms with Gasteiger partial charge in [0, 0.05) is 25.5 Å². The molecule has 26 heavy (non-hydrogen) atoms. The number of rotatable bonds is 3. The number of hydrogen-bond acceptors (Lipinski definition) is 5. The Labute approximate surface area is 150 Å². The molecule has 0 aromatic carbocycles. The van der Waals surface area contributed by atoms with Gasteiger partial charge < -0.3 is 15.0 Å². The van der Waals surface area contributed by atoms with Crippen LogP contribution in [-0.4, -0.2) is 45.7 Å². The lowest BCUT2D eigenvalue weighted by Crippen LogP contribution is -2.49. The van der Waals surface area contributed by atoms with Crippen molar-refractivity contribution in [2.24, 2.45) is 11.8 Å². The Bertz CT molecular complexity index is 657. The Kier molecular flexibility index (Phi) is 4.74. The second kappa shape index (κ2) is 6.59. The number of amides is 1. The summed E-state index contributed by atoms with van der Waals surface area (Å²) in [6, 6.07) is -0.0977. The molecule has 1 aliphatic carbocycles. The highest BCUT2D eigenvalue weighted by Crippen LogP contribution is 2.47. The molecule has 1 amide bonds. The maximum absolute atomic E-state index is 12.6. The topological polar surface area (TPSA) is 67.3 Å². The van der Waals surface area contributed by atoms with Gasteiger partial charge >= 0.3 is 12.3 Å². The number of anilines is 1. The van der Waals surface area contributed by atoms with Crippen molar-refractivity contribution in [3.05, 3.63) is 18.0 Å². The largest absolute Gasteiger partial charge is 0.444 e. The van der Waals surface area contributed by atoms with Crippen LogP contribution in [0.1, 0.15) is 39.2 Å². The average Bonchev–Trinajstić information content (AvgIpc) is 3.28. The molecule has 1 N–H and O–H groups in total. The number of likely N-dealkylation sites (tertiary alicyclic amines) is 1. The number of alkyl halides is 3. The van der Waals surface area contributed by atoms with Crippen LogP contribution >= 0.6 is 0 Å². The highest BCUT2D eigenvalue weighted by atomic mass is 19.4. The normalized spacial score (nSPS) is 25.5. The summed E-state index contributed by atoms with van der Waals surface area (Å²) < 4.78 is 43.2. The zero-order valence-electron chi connectivity index (χ0n) is 15.0. The molecule has 0 bridgehead atoms. The van der Waals surface area contributed by atoms with Crippen LogP contribution in [0.4, 0.5) is 23.9 Å². The van der Waals surface area contributed by atoms with Crippen molar-refractivity contribution in [1.29, 1.82) is 0 Å². The molecule has 2 heterocycles. The van der Waals surface area contributed by atoms with E-state index in [2.05, 4.69) is 15.3 Å². The van der Waals surface area contributed by atoms with E-state index in [1.165, 1.54) is 0 Å². The van der Waals surface area contributed by atoms with Gasteiger partial charge in [-0.25, -0.2) is 14.8 Å². The zero-order chi connectivity index (χ0) is 19.1. The van der Waals surface area contributed by atoms with Crippen molar-refractivity contribution in [1.82, 2.24) is 14.9 Å². The van der Waals surface area contributed by atoms with E-state index in [-0.39, 0.29) is 18.1 Å². The van der Waals surface area contributed by atoms with Crippen LogP contribution in [0.3, 0.4) is 0 Å². The van der Waals surface area contributed by atoms with Crippen molar-refractivity contribution >= 4 is 12.0 Å². The number of carbonyl (C=O) groups excluding carboxylic acids is 1. The molecule has 2 aliphatic rings. The first-order valence-electron chi connectivity index (χ1n) is 8.65. The van der Waals surface area contributed by atoms with Gasteiger partial charge in [0.2, 0.25) is 5.95 Å². The van der Waals surface area contributed by atoms with E-state index in [1.807, 2.05) is 20.8 Å². The molecule has 0 spiro atoms. The molecule has 0 radical (unpaired) electrons. The van der Waals surface area contributed by atoms with Gasteiger partial charge in [-0.2, -0.15) is 13.2 Å². The van der Waals surface area contributed by atoms with Gasteiger partial charge in [0.25, 0.3) is 0 Å². The quantitative estimate of drug-likeness (QED) is 0.879. The summed E-state index contributed by atoms with van der Waals surface area (Å²) >= 11 is 0. The molecule has 144 valence electrons. The molecule has 0 unspecified atom stereocenters. The third-order valence-electron chi connectivity index (χ3n) is 4.62. The minimum atomic E-state index is -4.46. The number of halogens is 3. The van der Waals surface area contributed by atoms with Crippen molar-refractivity contribution in [3.63, 3.8) is 0 Å². The summed E-state index contributed by atoms with van der Waals surface area (Å²) in [5.74, 6) is 1.25. The van der Waals surface area contributed by atoms with E-state index in [0.717, 1.165) is 25.2 Å². The Morgan fingerprint density at radius 3 is 2.46 bits per heavy atom. The van der Waals surface area contributed by atoms with E-state index in [9.17, 15) is 18.0 Å². The second-order valence-electron chi connectivity index (χ2n) is 7.95. The van der Waals surface area contributed by atoms with Crippen molar-refractivity contribution < 1.29 is 22.7 Å². The van der Waals surface area contributed by atoms with Crippen LogP contribution < -0.4 is 5.32 Å². The summed E-state index contributed by atoms with van der Waals surface area (Å²) in [4.78, 5) is 21.6. The third-order valence-corrected chi connectivity index (χ3v) is 4.62. The Hall–Kier alpha value is -2.06. The minimum absolute atomic E-state index is 0.0977. The minimum Gasteiger partial charge on any atom is -0.444 e. The fourth-order valence-electron chi connectivity index (χ4n) is 3.21. The lowest BCUT2D eigenvalue weighted by atomic mass is 10.0. The second-order valence-corrected chi connectivity index (χ2v) is 7.95. The predicted octanol–water partition coefficient (Wildman–Crippen LogP) is 3.55. The van der Waals surface area contributed by atoms with Crippen LogP contribution in [0.5, 0.6) is 0 Å². The monoisotopic (exact) mass is 372 g/mol. The van der Waals surface area contributed by atoms with Gasteiger partial charge in [0.15, 0.2) is 0 Å². The smallest absolute Gasteiger partial charge is 0.419 e. The van der Waals surface area contributed by atoms with E-state index in [4.69, 9.17) is 4.74 Å². The molecular weight excluding hydrogens is 349 g/mol. The van der Waals surface area contributed by atoms with Crippen molar-refractivity contribution in [3.8, 4) is 0 Å². The fourth-order valence-corrected chi connectivity index (χ4v) is 3.21. The number of hydrogen-bond donors (Lipinski definition) is 1. The van der Waals surface area contributed by atoms with Crippen LogP contribution in [0.2, 0.25) is 0 Å². The summed E-state index contributed by atoms with van der Waals surface area (Å²) in [7, 11) is 0. The summed E-state index contributed by atoms with van der Waals surface area (Å²) in [5, 5.41) is 2.94. The number of nitrogens with zero attached hydrogens (tertiary/aromatic N) is 3. The van der Waals surface area contributed by atoms with Gasteiger partial charge in [-0.15, -0.1) is 0 Å². The van der Waals surface area contributed by atoms with Gasteiger partial charge in [-0.05, 0) is 45.4 Å². The first-order chi connectivity index (χ1) is 12.0. The number of carbonyl (C=O) groups is 1. The highest BCUT2D eigenvalue weighted by Gasteiger charge is 2.47. The SMILES string of the molecule is CC(C)(C)OC(=O)N1C[C@@H]2C[C@@H]2C[C@H]1CNc1ncc(C(F)(F)F)cn1. The van der Waals surface area contributed by atoms with Crippen LogP contribution in [0.15, 0.2) is 12.4 Å². The van der Waals surface area contributed by atoms with E-state index < -0.39 is 17.3 Å². The molecule has 3 atom stereocenters. The summed E-state index contributed by atoms with van der Waals surface area (Å²) in [6.45, 7) is 6.47. The molecule has 1 saturated carbocycles. The number of fused-ring (bicyclic) bond motifs is 1. The lowest BCUT2D eigenvalue weighted by molar-refractivity contribution is -0.138. The number of ether oxygens (including phenoxy) is 1. The van der Waals surface area contributed by atoms with Gasteiger partial charge in [-0.3, -0.25) is 0 Å². The molecule has 1 aliphatic heterocycles.